The van der Waals surface area contributed by atoms with E-state index in [4.69, 9.17) is 0 Å². The van der Waals surface area contributed by atoms with Crippen molar-refractivity contribution in [3.8, 4) is 0 Å². The predicted molar refractivity (Wildman–Crippen MR) is 61.2 cm³/mol. The van der Waals surface area contributed by atoms with Crippen LogP contribution in [0.4, 0.5) is 5.95 Å². The highest BCUT2D eigenvalue weighted by Crippen LogP contribution is 2.15. The number of hydrogen-bond donors (Lipinski definition) is 2. The molecule has 1 aromatic rings. The molecule has 0 aliphatic heterocycles. The van der Waals surface area contributed by atoms with Gasteiger partial charge in [-0.25, -0.2) is 5.43 Å². The maximum Gasteiger partial charge on any atom is 0.271 e. The molecule has 0 radical (unpaired) electrons. The standard InChI is InChI=1S/C10H13N5O/c16-9-7-12-15-10(13-9)14-11-6-8-4-2-1-3-5-8/h1-2,6-8H,3-5H2,(H2,13,14,15,16). The van der Waals surface area contributed by atoms with Crippen LogP contribution in [-0.2, 0) is 0 Å². The lowest BCUT2D eigenvalue weighted by atomic mass is 9.96. The summed E-state index contributed by atoms with van der Waals surface area (Å²) < 4.78 is 0. The number of H-pyrrole nitrogens is 1. The molecule has 0 fully saturated rings. The lowest BCUT2D eigenvalue weighted by molar-refractivity contribution is 0.627. The first kappa shape index (κ1) is 10.5. The van der Waals surface area contributed by atoms with Crippen molar-refractivity contribution in [1.82, 2.24) is 15.2 Å². The van der Waals surface area contributed by atoms with Crippen LogP contribution >= 0.6 is 0 Å². The molecule has 1 aliphatic carbocycles. The van der Waals surface area contributed by atoms with Crippen LogP contribution in [0.25, 0.3) is 0 Å². The molecule has 1 aliphatic rings. The molecule has 16 heavy (non-hydrogen) atoms. The first-order valence-electron chi connectivity index (χ1n) is 5.21. The van der Waals surface area contributed by atoms with E-state index in [-0.39, 0.29) is 11.5 Å². The zero-order valence-electron chi connectivity index (χ0n) is 8.76. The summed E-state index contributed by atoms with van der Waals surface area (Å²) in [4.78, 5) is 13.4. The second-order valence-electron chi connectivity index (χ2n) is 3.62. The zero-order chi connectivity index (χ0) is 11.2. The molecule has 1 heterocycles. The molecule has 1 atom stereocenters. The summed E-state index contributed by atoms with van der Waals surface area (Å²) in [6.45, 7) is 0. The lowest BCUT2D eigenvalue weighted by Gasteiger charge is -2.11. The van der Waals surface area contributed by atoms with Crippen LogP contribution in [0.2, 0.25) is 0 Å². The van der Waals surface area contributed by atoms with Crippen molar-refractivity contribution in [3.05, 3.63) is 28.7 Å². The van der Waals surface area contributed by atoms with Gasteiger partial charge >= 0.3 is 0 Å². The topological polar surface area (TPSA) is 83.0 Å². The van der Waals surface area contributed by atoms with Gasteiger partial charge in [-0.05, 0) is 25.2 Å². The van der Waals surface area contributed by atoms with E-state index in [0.717, 1.165) is 25.5 Å². The molecule has 0 amide bonds. The van der Waals surface area contributed by atoms with E-state index < -0.39 is 0 Å². The normalized spacial score (nSPS) is 20.1. The first-order valence-corrected chi connectivity index (χ1v) is 5.21. The smallest absolute Gasteiger partial charge is 0.271 e. The highest BCUT2D eigenvalue weighted by Gasteiger charge is 2.06. The van der Waals surface area contributed by atoms with Crippen molar-refractivity contribution in [2.75, 3.05) is 5.43 Å². The van der Waals surface area contributed by atoms with E-state index in [1.165, 1.54) is 0 Å². The zero-order valence-corrected chi connectivity index (χ0v) is 8.76. The average Bonchev–Trinajstić information content (AvgIpc) is 2.30. The molecule has 0 bridgehead atoms. The summed E-state index contributed by atoms with van der Waals surface area (Å²) in [6, 6.07) is 0. The lowest BCUT2D eigenvalue weighted by Crippen LogP contribution is -2.11. The van der Waals surface area contributed by atoms with Gasteiger partial charge < -0.3 is 0 Å². The van der Waals surface area contributed by atoms with Gasteiger partial charge in [0.1, 0.15) is 6.20 Å². The van der Waals surface area contributed by atoms with Crippen LogP contribution in [0.3, 0.4) is 0 Å². The molecule has 0 spiro atoms. The number of anilines is 1. The highest BCUT2D eigenvalue weighted by atomic mass is 16.1. The Morgan fingerprint density at radius 3 is 3.25 bits per heavy atom. The van der Waals surface area contributed by atoms with Crippen molar-refractivity contribution in [2.45, 2.75) is 19.3 Å². The van der Waals surface area contributed by atoms with Gasteiger partial charge in [-0.2, -0.15) is 5.10 Å². The molecule has 2 N–H and O–H groups in total. The van der Waals surface area contributed by atoms with Crippen LogP contribution < -0.4 is 11.0 Å². The number of allylic oxidation sites excluding steroid dienone is 2. The average molecular weight is 219 g/mol. The monoisotopic (exact) mass is 219 g/mol. The van der Waals surface area contributed by atoms with E-state index in [1.807, 2.05) is 6.21 Å². The summed E-state index contributed by atoms with van der Waals surface area (Å²) in [5, 5.41) is 11.2. The Labute approximate surface area is 92.5 Å². The Morgan fingerprint density at radius 2 is 2.50 bits per heavy atom. The molecular weight excluding hydrogens is 206 g/mol. The van der Waals surface area contributed by atoms with Crippen LogP contribution in [-0.4, -0.2) is 21.4 Å². The summed E-state index contributed by atoms with van der Waals surface area (Å²) in [5.41, 5.74) is 2.35. The van der Waals surface area contributed by atoms with Crippen LogP contribution in [0.1, 0.15) is 19.3 Å². The van der Waals surface area contributed by atoms with Crippen molar-refractivity contribution in [2.24, 2.45) is 11.0 Å². The van der Waals surface area contributed by atoms with E-state index >= 15 is 0 Å². The van der Waals surface area contributed by atoms with Crippen molar-refractivity contribution >= 4 is 12.2 Å². The van der Waals surface area contributed by atoms with Gasteiger partial charge in [-0.3, -0.25) is 9.78 Å². The highest BCUT2D eigenvalue weighted by molar-refractivity contribution is 5.62. The molecule has 0 saturated carbocycles. The quantitative estimate of drug-likeness (QED) is 0.450. The van der Waals surface area contributed by atoms with Crippen molar-refractivity contribution in [3.63, 3.8) is 0 Å². The van der Waals surface area contributed by atoms with Crippen molar-refractivity contribution < 1.29 is 0 Å². The number of hydrazone groups is 1. The molecule has 1 unspecified atom stereocenters. The minimum Gasteiger partial charge on any atom is -0.289 e. The second-order valence-corrected chi connectivity index (χ2v) is 3.62. The molecule has 84 valence electrons. The molecule has 2 rings (SSSR count). The fraction of sp³-hybridized carbons (Fsp3) is 0.400. The summed E-state index contributed by atoms with van der Waals surface area (Å²) in [5.74, 6) is 0.719. The summed E-state index contributed by atoms with van der Waals surface area (Å²) >= 11 is 0. The molecule has 0 saturated heterocycles. The molecule has 0 aromatic carbocycles. The number of aromatic amines is 1. The van der Waals surface area contributed by atoms with Gasteiger partial charge in [0.15, 0.2) is 0 Å². The SMILES string of the molecule is O=c1cnnc(NN=CC2CC=CCC2)[nH]1. The third-order valence-corrected chi connectivity index (χ3v) is 2.34. The number of nitrogens with one attached hydrogen (secondary N) is 2. The fourth-order valence-electron chi connectivity index (χ4n) is 1.52. The largest absolute Gasteiger partial charge is 0.289 e. The van der Waals surface area contributed by atoms with Gasteiger partial charge in [0.25, 0.3) is 5.56 Å². The van der Waals surface area contributed by atoms with E-state index in [0.29, 0.717) is 5.92 Å². The molecule has 6 nitrogen and oxygen atoms in total. The van der Waals surface area contributed by atoms with E-state index in [1.54, 1.807) is 0 Å². The van der Waals surface area contributed by atoms with Gasteiger partial charge in [-0.15, -0.1) is 10.2 Å². The van der Waals surface area contributed by atoms with Crippen LogP contribution in [0.15, 0.2) is 28.2 Å². The molecule has 6 heteroatoms. The van der Waals surface area contributed by atoms with Gasteiger partial charge in [0.2, 0.25) is 5.95 Å². The van der Waals surface area contributed by atoms with E-state index in [2.05, 4.69) is 37.9 Å². The number of aromatic nitrogens is 3. The molecule has 1 aromatic heterocycles. The Kier molecular flexibility index (Phi) is 3.42. The predicted octanol–water partition coefficient (Wildman–Crippen LogP) is 0.919. The second kappa shape index (κ2) is 5.20. The Morgan fingerprint density at radius 1 is 1.56 bits per heavy atom. The Bertz CT molecular complexity index is 451. The van der Waals surface area contributed by atoms with E-state index in [9.17, 15) is 4.79 Å². The first-order chi connectivity index (χ1) is 7.84. The third-order valence-electron chi connectivity index (χ3n) is 2.34. The summed E-state index contributed by atoms with van der Waals surface area (Å²) in [6.07, 6.45) is 10.5. The Balaban J connectivity index is 1.89. The number of nitrogens with zero attached hydrogens (tertiary/aromatic N) is 3. The number of hydrogen-bond acceptors (Lipinski definition) is 5. The Hall–Kier alpha value is -1.98. The van der Waals surface area contributed by atoms with Gasteiger partial charge in [-0.1, -0.05) is 12.2 Å². The van der Waals surface area contributed by atoms with Crippen molar-refractivity contribution in [1.29, 1.82) is 0 Å². The fourth-order valence-corrected chi connectivity index (χ4v) is 1.52. The van der Waals surface area contributed by atoms with Crippen LogP contribution in [0.5, 0.6) is 0 Å². The van der Waals surface area contributed by atoms with Gasteiger partial charge in [0, 0.05) is 6.21 Å². The maximum absolute atomic E-state index is 10.9. The number of rotatable bonds is 3. The summed E-state index contributed by atoms with van der Waals surface area (Å²) in [7, 11) is 0. The minimum absolute atomic E-state index is 0.259. The third kappa shape index (κ3) is 3.01. The van der Waals surface area contributed by atoms with Crippen LogP contribution in [0, 0.1) is 5.92 Å². The van der Waals surface area contributed by atoms with Gasteiger partial charge in [0.05, 0.1) is 0 Å². The maximum atomic E-state index is 10.9. The minimum atomic E-state index is -0.298. The molecular formula is C10H13N5O.